The van der Waals surface area contributed by atoms with Gasteiger partial charge in [0, 0.05) is 64.6 Å². The van der Waals surface area contributed by atoms with Crippen molar-refractivity contribution in [3.8, 4) is 28.7 Å². The number of halogens is 10. The number of rotatable bonds is 3. The number of benzene rings is 5. The second-order valence-corrected chi connectivity index (χ2v) is 51.2. The van der Waals surface area contributed by atoms with Gasteiger partial charge in [-0.15, -0.1) is 0 Å². The summed E-state index contributed by atoms with van der Waals surface area (Å²) in [5.74, 6) is 4.00. The zero-order valence-electron chi connectivity index (χ0n) is 62.8. The highest BCUT2D eigenvalue weighted by Crippen LogP contribution is 2.67. The van der Waals surface area contributed by atoms with Crippen molar-refractivity contribution in [2.24, 2.45) is 0 Å². The minimum Gasteiger partial charge on any atom is -0.486 e. The highest BCUT2D eigenvalue weighted by Gasteiger charge is 2.72. The minimum absolute atomic E-state index is 0. The van der Waals surface area contributed by atoms with Gasteiger partial charge in [-0.1, -0.05) is 158 Å². The Hall–Kier alpha value is -4.49. The van der Waals surface area contributed by atoms with Gasteiger partial charge in [0.1, 0.15) is 68.1 Å². The molecule has 0 aromatic heterocycles. The van der Waals surface area contributed by atoms with Crippen LogP contribution >= 0.6 is 89.0 Å². The van der Waals surface area contributed by atoms with E-state index in [1.165, 1.54) is 89.3 Å². The number of nitrogens with zero attached hydrogens (tertiary/aromatic N) is 4. The molecule has 22 heteroatoms. The van der Waals surface area contributed by atoms with Crippen LogP contribution in [0.25, 0.3) is 0 Å². The molecule has 25 rings (SSSR count). The van der Waals surface area contributed by atoms with Crippen LogP contribution in [-0.2, 0) is 59.2 Å². The third kappa shape index (κ3) is 11.7. The van der Waals surface area contributed by atoms with Gasteiger partial charge in [-0.2, -0.15) is 0 Å². The van der Waals surface area contributed by atoms with Crippen LogP contribution in [0.15, 0.2) is 185 Å². The normalized spacial score (nSPS) is 36.7. The lowest BCUT2D eigenvalue weighted by molar-refractivity contribution is -0.144. The van der Waals surface area contributed by atoms with Crippen LogP contribution in [0.2, 0.25) is 0 Å². The van der Waals surface area contributed by atoms with E-state index in [0.29, 0.717) is 24.2 Å². The number of piperidine rings is 5. The molecule has 600 valence electrons. The maximum Gasteiger partial charge on any atom is 0.163 e. The van der Waals surface area contributed by atoms with Crippen molar-refractivity contribution in [3.63, 3.8) is 0 Å². The molecule has 10 aliphatic heterocycles. The lowest BCUT2D eigenvalue weighted by Crippen LogP contribution is -2.74. The average molecular weight is 1930 g/mol. The van der Waals surface area contributed by atoms with Crippen LogP contribution in [0.3, 0.4) is 0 Å². The molecule has 5 fully saturated rings. The molecule has 2 N–H and O–H groups in total. The van der Waals surface area contributed by atoms with Gasteiger partial charge in [-0.25, -0.2) is 22.0 Å². The van der Waals surface area contributed by atoms with E-state index in [0.717, 1.165) is 144 Å². The summed E-state index contributed by atoms with van der Waals surface area (Å²) >= 11 is 15.4. The number of likely N-dealkylation sites (tertiary alicyclic amines) is 4. The minimum atomic E-state index is -1.16. The summed E-state index contributed by atoms with van der Waals surface area (Å²) in [6.07, 6.45) is 23.6. The summed E-state index contributed by atoms with van der Waals surface area (Å²) in [7, 11) is 6.40. The molecule has 113 heavy (non-hydrogen) atoms. The molecule has 10 aliphatic carbocycles. The van der Waals surface area contributed by atoms with Gasteiger partial charge in [-0.05, 0) is 287 Å². The lowest BCUT2D eigenvalue weighted by atomic mass is 9.51. The second kappa shape index (κ2) is 30.3. The first kappa shape index (κ1) is 80.9. The van der Waals surface area contributed by atoms with Crippen LogP contribution in [0.5, 0.6) is 28.7 Å². The topological polar surface area (TPSA) is 91.4 Å². The van der Waals surface area contributed by atoms with E-state index >= 15 is 0 Å². The molecular formula is C91H100Br4F5IN5O6P. The summed E-state index contributed by atoms with van der Waals surface area (Å²) in [5, 5.41) is 15.1. The molecule has 0 amide bonds. The van der Waals surface area contributed by atoms with Gasteiger partial charge in [0.25, 0.3) is 0 Å². The standard InChI is InChI=1S/C19H20FNO.C17H17BrFNO.C17H18FNO2.C17H16FNO.C16H14FNO.C3H7I.2CH4.Br3P/c1-2-9-21-10-8-19-13-6-7-14(20)18(19)22-16-5-3-4-12(17(16)19)11-15(13)21;1-20-6-5-17-10-8-11(18)15(19)16(17)21-13-4-2-3-9(14(13)17)7-12(10)20;1-19-8-7-16-14-10-3-2-4-12(14)21-15(16)11(18)5-6-17(16,20)13(19)9-10;1-19-8-7-17-11-5-6-12(18)16(17)20-14-4-2-3-10(15(14)17)9-13(11)19;17-11-5-4-10-12-8-9-2-1-3-13-14(9)16(10,6-7-18-12)15(11)19-13;1-2-3-4;;;1-4(2)3/h3-7,15,18H,2,8-11H2,1H3;2-4,8,11-12,15-16H,5-7H2,1H3;2-6,11,13,15,20H,7-9H2,1H3;2-6,13,16H,7-9H2,1H3;1-5,12,15,18H,6-8H2;2-3H2,1H3;2*1H4;/t15?,18-,19?;11-,12?,15-,16+,17?;11-,13?,15+,16?,17?;13?,16-,17?;12?,15-,16?;;;;/m01100..../s1. The summed E-state index contributed by atoms with van der Waals surface area (Å²) in [4.78, 5) is 9.37. The van der Waals surface area contributed by atoms with E-state index in [1.807, 2.05) is 79.9 Å². The predicted octanol–water partition coefficient (Wildman–Crippen LogP) is 19.7. The van der Waals surface area contributed by atoms with E-state index < -0.39 is 47.8 Å². The SMILES string of the molecule is BrP(Br)Br.C.C.CCCI.CCCN1CCC23C4=CC=C(F)[C@@H]2Oc2cccc(c23)CC41.CN1CCC23C4=CC=C(F)[C@@H]2Oc2cccc(c23)CC41.CN1CCC23C4=C[C@@H](Br)[C@@H](F)[C@@H]2Oc2cccc(c23)CC41.CN1CCC23c4c5cccc4O[C@H]2[C@H](F)C=CC3(O)C1C5.FC1=CC=C2C3Cc4cccc5c4C2(CCN3)[C@H]1O5. The fourth-order valence-corrected chi connectivity index (χ4v) is 25.2. The maximum absolute atomic E-state index is 14.9. The first-order valence-corrected chi connectivity index (χ1v) is 49.6. The lowest BCUT2D eigenvalue weighted by Gasteiger charge is -2.60. The van der Waals surface area contributed by atoms with Crippen molar-refractivity contribution in [1.82, 2.24) is 24.9 Å². The van der Waals surface area contributed by atoms with E-state index in [4.69, 9.17) is 23.7 Å². The van der Waals surface area contributed by atoms with Gasteiger partial charge in [-0.3, -0.25) is 19.6 Å². The first-order valence-electron chi connectivity index (χ1n) is 39.8. The Kier molecular flexibility index (Phi) is 21.7. The molecule has 5 aromatic carbocycles. The van der Waals surface area contributed by atoms with E-state index in [2.05, 4.69) is 180 Å². The van der Waals surface area contributed by atoms with Crippen molar-refractivity contribution in [3.05, 3.63) is 241 Å². The summed E-state index contributed by atoms with van der Waals surface area (Å²) in [6, 6.07) is 32.4. The zero-order chi connectivity index (χ0) is 76.7. The average Bonchev–Trinajstić information content (AvgIpc) is 1.60. The largest absolute Gasteiger partial charge is 0.486 e. The Morgan fingerprint density at radius 3 is 1.47 bits per heavy atom. The van der Waals surface area contributed by atoms with Crippen molar-refractivity contribution >= 4 is 89.0 Å². The molecule has 19 atom stereocenters. The molecule has 10 bridgehead atoms. The van der Waals surface area contributed by atoms with E-state index in [-0.39, 0.29) is 75.0 Å². The number of ether oxygens (including phenoxy) is 5. The Morgan fingerprint density at radius 1 is 0.513 bits per heavy atom. The second-order valence-electron chi connectivity index (χ2n) is 33.7. The highest BCUT2D eigenvalue weighted by atomic mass is 127. The van der Waals surface area contributed by atoms with Crippen molar-refractivity contribution in [2.75, 3.05) is 64.8 Å². The Morgan fingerprint density at radius 2 is 0.938 bits per heavy atom. The van der Waals surface area contributed by atoms with Crippen LogP contribution in [0, 0.1) is 0 Å². The van der Waals surface area contributed by atoms with Crippen LogP contribution < -0.4 is 29.0 Å². The quantitative estimate of drug-likeness (QED) is 0.0595. The first-order chi connectivity index (χ1) is 53.6. The van der Waals surface area contributed by atoms with Gasteiger partial charge in [0.05, 0.1) is 31.9 Å². The Bertz CT molecular complexity index is 4920. The summed E-state index contributed by atoms with van der Waals surface area (Å²) in [5.41, 5.74) is 15.6. The van der Waals surface area contributed by atoms with Gasteiger partial charge < -0.3 is 34.1 Å². The van der Waals surface area contributed by atoms with Crippen LogP contribution in [0.1, 0.15) is 129 Å². The maximum atomic E-state index is 14.9. The molecule has 10 heterocycles. The fraction of sp³-hybridized carbons (Fsp3) is 0.495. The Balaban J connectivity index is 0.0000000994. The van der Waals surface area contributed by atoms with Crippen molar-refractivity contribution < 1.29 is 50.7 Å². The number of hydrogen-bond acceptors (Lipinski definition) is 11. The van der Waals surface area contributed by atoms with Crippen LogP contribution in [0.4, 0.5) is 22.0 Å². The number of likely N-dealkylation sites (N-methyl/N-ethyl adjacent to an activating group) is 3. The Labute approximate surface area is 709 Å². The van der Waals surface area contributed by atoms with E-state index in [9.17, 15) is 27.1 Å². The molecule has 5 saturated heterocycles. The predicted molar refractivity (Wildman–Crippen MR) is 464 cm³/mol. The summed E-state index contributed by atoms with van der Waals surface area (Å²) < 4.78 is 104. The van der Waals surface area contributed by atoms with Crippen molar-refractivity contribution in [2.45, 2.75) is 216 Å². The third-order valence-electron chi connectivity index (χ3n) is 29.0. The highest BCUT2D eigenvalue weighted by molar-refractivity contribution is 14.1. The van der Waals surface area contributed by atoms with E-state index in [1.54, 1.807) is 24.3 Å². The van der Waals surface area contributed by atoms with Gasteiger partial charge in [0.2, 0.25) is 0 Å². The summed E-state index contributed by atoms with van der Waals surface area (Å²) in [6.45, 7) is 10.4. The molecule has 5 aromatic rings. The number of aliphatic hydroxyl groups is 1. The monoisotopic (exact) mass is 1930 g/mol. The number of hydrogen-bond donors (Lipinski definition) is 2. The molecule has 20 aliphatic rings. The molecular weight excluding hydrogens is 1830 g/mol. The number of nitrogens with one attached hydrogen (secondary N) is 1. The number of allylic oxidation sites excluding steroid dienone is 7. The van der Waals surface area contributed by atoms with Gasteiger partial charge >= 0.3 is 0 Å². The molecule has 0 saturated carbocycles. The van der Waals surface area contributed by atoms with Crippen LogP contribution in [-0.4, -0.2) is 173 Å². The molecule has 11 nitrogen and oxygen atoms in total. The zero-order valence-corrected chi connectivity index (χ0v) is 72.2. The third-order valence-corrected chi connectivity index (χ3v) is 30.8. The number of alkyl halides is 4. The molecule has 11 unspecified atom stereocenters. The van der Waals surface area contributed by atoms with Gasteiger partial charge in [0.15, 0.2) is 30.7 Å². The molecule has 5 spiro atoms. The fourth-order valence-electron chi connectivity index (χ4n) is 24.6. The molecule has 0 radical (unpaired) electrons. The van der Waals surface area contributed by atoms with Crippen molar-refractivity contribution in [1.29, 1.82) is 0 Å². The smallest absolute Gasteiger partial charge is 0.163 e.